The lowest BCUT2D eigenvalue weighted by Crippen LogP contribution is -2.61. The van der Waals surface area contributed by atoms with Crippen LogP contribution < -0.4 is 26.2 Å². The maximum Gasteiger partial charge on any atom is 0.252 e. The van der Waals surface area contributed by atoms with E-state index in [0.29, 0.717) is 16.8 Å². The number of hydrogen-bond donors (Lipinski definition) is 0. The molecule has 4 heterocycles. The Hall–Kier alpha value is -17.4. The third-order valence-electron chi connectivity index (χ3n) is 31.6. The van der Waals surface area contributed by atoms with Crippen LogP contribution in [-0.4, -0.2) is 15.8 Å². The summed E-state index contributed by atoms with van der Waals surface area (Å²) in [5.74, 6) is 0. The third-order valence-corrected chi connectivity index (χ3v) is 31.6. The Morgan fingerprint density at radius 3 is 0.862 bits per heavy atom. The standard InChI is InChI=1S/C140H103BN4/c1-138(2,3)96-62-58-88(59-63-96)95-80-133-135-134(81-95)145(137-115(119-78-93-40-18-22-44-103(93)107-48-26-30-52-111(107)119)56-33-57-116(137)120-79-94-41-19-23-45-104(94)108-49-27-31-53-112(108)120)132-85-100(143-128-71-61-90(87-36-14-11-15-37-87)75-122(128)124-83-98(140(7,8)9)65-73-130(124)143)67-69-126(132)141(135)125-68-66-99(142-127-70-60-89(86-34-12-10-13-35-86)74-121(127)123-82-97(139(4,5)6)64-72-129(123)142)84-131(125)144(133)136-113(117-76-91-38-16-20-42-101(91)105-46-24-28-50-109(105)117)54-32-55-114(136)118-77-92-39-17-21-43-102(92)106-47-25-29-51-110(106)118/h10-85H,1-9H3/i32D,54D,55D. The largest absolute Gasteiger partial charge is 0.310 e. The van der Waals surface area contributed by atoms with E-state index in [2.05, 4.69) is 524 Å². The summed E-state index contributed by atoms with van der Waals surface area (Å²) in [6, 6.07) is 166. The molecule has 0 saturated carbocycles. The molecule has 4 nitrogen and oxygen atoms in total. The van der Waals surface area contributed by atoms with Crippen molar-refractivity contribution in [3.63, 3.8) is 0 Å². The number of rotatable bonds is 11. The van der Waals surface area contributed by atoms with Crippen molar-refractivity contribution in [1.82, 2.24) is 9.13 Å². The van der Waals surface area contributed by atoms with E-state index in [0.717, 1.165) is 237 Å². The lowest BCUT2D eigenvalue weighted by molar-refractivity contribution is 0.590. The van der Waals surface area contributed by atoms with Gasteiger partial charge in [-0.15, -0.1) is 0 Å². The van der Waals surface area contributed by atoms with Gasteiger partial charge in [0.1, 0.15) is 0 Å². The molecule has 0 fully saturated rings. The Kier molecular flexibility index (Phi) is 18.5. The van der Waals surface area contributed by atoms with Crippen LogP contribution in [0.5, 0.6) is 0 Å². The summed E-state index contributed by atoms with van der Waals surface area (Å²) in [4.78, 5) is 5.26. The molecule has 2 aliphatic rings. The number of hydrogen-bond acceptors (Lipinski definition) is 2. The van der Waals surface area contributed by atoms with Gasteiger partial charge in [-0.05, 0) is 300 Å². The maximum absolute atomic E-state index is 11.6. The Morgan fingerprint density at radius 2 is 0.497 bits per heavy atom. The van der Waals surface area contributed by atoms with E-state index >= 15 is 0 Å². The number of nitrogens with zero attached hydrogens (tertiary/aromatic N) is 4. The first-order chi connectivity index (χ1) is 72.1. The second kappa shape index (κ2) is 32.6. The fraction of sp³-hybridized carbons (Fsp3) is 0.0857. The number of anilines is 6. The van der Waals surface area contributed by atoms with Crippen LogP contribution in [0, 0.1) is 0 Å². The van der Waals surface area contributed by atoms with Gasteiger partial charge in [-0.2, -0.15) is 0 Å². The van der Waals surface area contributed by atoms with E-state index in [1.54, 1.807) is 0 Å². The number of aromatic nitrogens is 2. The van der Waals surface area contributed by atoms with E-state index in [4.69, 9.17) is 0 Å². The molecule has 26 aromatic rings. The summed E-state index contributed by atoms with van der Waals surface area (Å²) in [7, 11) is 0. The molecule has 0 saturated heterocycles. The second-order valence-electron chi connectivity index (χ2n) is 43.1. The van der Waals surface area contributed by atoms with Gasteiger partial charge in [-0.1, -0.05) is 414 Å². The number of fused-ring (bicyclic) bond motifs is 22. The van der Waals surface area contributed by atoms with Gasteiger partial charge in [-0.25, -0.2) is 0 Å². The van der Waals surface area contributed by atoms with Crippen LogP contribution in [0.3, 0.4) is 0 Å². The van der Waals surface area contributed by atoms with Crippen molar-refractivity contribution in [1.29, 1.82) is 0 Å². The van der Waals surface area contributed by atoms with Crippen molar-refractivity contribution >= 4 is 187 Å². The van der Waals surface area contributed by atoms with Crippen LogP contribution in [0.4, 0.5) is 34.1 Å². The summed E-state index contributed by atoms with van der Waals surface area (Å²) in [5.41, 5.74) is 31.1. The van der Waals surface area contributed by atoms with Crippen molar-refractivity contribution in [2.75, 3.05) is 9.80 Å². The van der Waals surface area contributed by atoms with Gasteiger partial charge in [0.2, 0.25) is 0 Å². The summed E-state index contributed by atoms with van der Waals surface area (Å²) >= 11 is 0. The average molecular weight is 1860 g/mol. The molecule has 0 bridgehead atoms. The molecule has 0 unspecified atom stereocenters. The fourth-order valence-corrected chi connectivity index (χ4v) is 24.5. The SMILES string of the molecule is [2H]c1c([2H])c(-c2cc3ccccc3c3ccccc23)c(N2c3cc(-n4c5ccc(-c6ccccc6)cc5c5cc(C(C)(C)C)ccc54)ccc3B3c4ccc(-n5c6ccc(-c7ccccc7)cc6c6cc(C(C)(C)C)ccc65)cc4N(c4c(-c5cc6ccccc6c6ccccc56)cccc4-c4cc5ccccc5c5ccccc45)c4cc(-c5ccc(C(C)(C)C)cc5)cc2c43)c(-c2cc3ccccc3c3ccccc23)c1[2H]. The smallest absolute Gasteiger partial charge is 0.252 e. The second-order valence-corrected chi connectivity index (χ2v) is 43.1. The van der Waals surface area contributed by atoms with E-state index in [1.807, 2.05) is 0 Å². The Morgan fingerprint density at radius 1 is 0.200 bits per heavy atom. The summed E-state index contributed by atoms with van der Waals surface area (Å²) in [6.07, 6.45) is 0. The van der Waals surface area contributed by atoms with Crippen LogP contribution in [0.2, 0.25) is 0 Å². The van der Waals surface area contributed by atoms with Crippen molar-refractivity contribution in [2.24, 2.45) is 0 Å². The van der Waals surface area contributed by atoms with Crippen LogP contribution in [0.1, 0.15) is 83.1 Å². The predicted molar refractivity (Wildman–Crippen MR) is 623 cm³/mol. The lowest BCUT2D eigenvalue weighted by atomic mass is 9.33. The van der Waals surface area contributed by atoms with Crippen LogP contribution in [-0.2, 0) is 16.2 Å². The zero-order valence-electron chi connectivity index (χ0n) is 85.5. The van der Waals surface area contributed by atoms with Gasteiger partial charge in [0.25, 0.3) is 6.71 Å². The van der Waals surface area contributed by atoms with E-state index in [-0.39, 0.29) is 34.4 Å². The first-order valence-electron chi connectivity index (χ1n) is 52.4. The summed E-state index contributed by atoms with van der Waals surface area (Å²) < 4.78 is 39.2. The van der Waals surface area contributed by atoms with Crippen molar-refractivity contribution in [3.8, 4) is 89.3 Å². The van der Waals surface area contributed by atoms with Gasteiger partial charge in [0.05, 0.1) is 37.6 Å². The summed E-state index contributed by atoms with van der Waals surface area (Å²) in [5, 5.41) is 21.8. The molecule has 145 heavy (non-hydrogen) atoms. The molecule has 0 aliphatic carbocycles. The first kappa shape index (κ1) is 82.4. The molecule has 2 aromatic heterocycles. The van der Waals surface area contributed by atoms with Gasteiger partial charge in [0.15, 0.2) is 0 Å². The van der Waals surface area contributed by atoms with Crippen molar-refractivity contribution in [3.05, 3.63) is 478 Å². The van der Waals surface area contributed by atoms with Gasteiger partial charge < -0.3 is 18.9 Å². The van der Waals surface area contributed by atoms with E-state index in [9.17, 15) is 4.11 Å². The molecule has 0 radical (unpaired) electrons. The summed E-state index contributed by atoms with van der Waals surface area (Å²) in [6.45, 7) is 20.3. The highest BCUT2D eigenvalue weighted by Crippen LogP contribution is 2.59. The zero-order valence-corrected chi connectivity index (χ0v) is 82.5. The number of benzene rings is 24. The van der Waals surface area contributed by atoms with Crippen LogP contribution in [0.25, 0.3) is 219 Å². The molecular weight excluding hydrogens is 1750 g/mol. The number of para-hydroxylation sites is 2. The molecule has 0 spiro atoms. The molecule has 5 heteroatoms. The molecule has 2 aliphatic heterocycles. The molecule has 686 valence electrons. The normalized spacial score (nSPS) is 13.1. The maximum atomic E-state index is 11.6. The average Bonchev–Trinajstić information content (AvgIpc) is 0.734. The molecule has 0 N–H and O–H groups in total. The molecule has 0 amide bonds. The Balaban J connectivity index is 0.845. The zero-order chi connectivity index (χ0) is 99.8. The van der Waals surface area contributed by atoms with Gasteiger partial charge >= 0.3 is 0 Å². The fourth-order valence-electron chi connectivity index (χ4n) is 24.5. The minimum absolute atomic E-state index is 0.0533. The third kappa shape index (κ3) is 13.6. The minimum atomic E-state index is -0.556. The predicted octanol–water partition coefficient (Wildman–Crippen LogP) is 36.8. The topological polar surface area (TPSA) is 16.3 Å². The monoisotopic (exact) mass is 1850 g/mol. The lowest BCUT2D eigenvalue weighted by Gasteiger charge is -2.46. The minimum Gasteiger partial charge on any atom is -0.310 e. The molecule has 28 rings (SSSR count). The molecule has 24 aromatic carbocycles. The Labute approximate surface area is 849 Å². The van der Waals surface area contributed by atoms with Gasteiger partial charge in [0, 0.05) is 77.9 Å². The highest BCUT2D eigenvalue weighted by molar-refractivity contribution is 7.00. The van der Waals surface area contributed by atoms with Crippen LogP contribution in [0.15, 0.2) is 461 Å². The first-order valence-corrected chi connectivity index (χ1v) is 50.9. The van der Waals surface area contributed by atoms with E-state index in [1.165, 1.54) is 32.8 Å². The van der Waals surface area contributed by atoms with Crippen molar-refractivity contribution in [2.45, 2.75) is 78.6 Å². The molecular formula is C140H103BN4. The van der Waals surface area contributed by atoms with Gasteiger partial charge in [-0.3, -0.25) is 0 Å². The van der Waals surface area contributed by atoms with E-state index < -0.39 is 6.71 Å². The quantitative estimate of drug-likeness (QED) is 0.0948. The molecule has 0 atom stereocenters. The Bertz CT molecular complexity index is 9890. The highest BCUT2D eigenvalue weighted by Gasteiger charge is 2.47. The van der Waals surface area contributed by atoms with Crippen molar-refractivity contribution < 1.29 is 4.11 Å². The highest BCUT2D eigenvalue weighted by atomic mass is 15.2. The van der Waals surface area contributed by atoms with Crippen LogP contribution >= 0.6 is 0 Å².